The van der Waals surface area contributed by atoms with Crippen LogP contribution in [-0.4, -0.2) is 0 Å². The number of rotatable bonds is 0. The Balaban J connectivity index is 0. The molecule has 5 heavy (non-hydrogen) atoms. The molecule has 0 spiro atoms. The van der Waals surface area contributed by atoms with Gasteiger partial charge in [-0.2, -0.15) is 0 Å². The summed E-state index contributed by atoms with van der Waals surface area (Å²) in [6.45, 7) is 3.17. The number of halogens is 1. The average Bonchev–Trinajstić information content (AvgIpc) is 1.37. The first-order valence-corrected chi connectivity index (χ1v) is 1.30. The van der Waals surface area contributed by atoms with Gasteiger partial charge in [-0.05, 0) is 0 Å². The van der Waals surface area contributed by atoms with Gasteiger partial charge in [-0.15, -0.1) is 5.73 Å². The van der Waals surface area contributed by atoms with E-state index in [4.69, 9.17) is 11.6 Å². The Hall–Kier alpha value is -0.190. The molecular weight excluding hydrogens is 83.5 g/mol. The Morgan fingerprint density at radius 2 is 2.00 bits per heavy atom. The van der Waals surface area contributed by atoms with Crippen LogP contribution in [0.5, 0.6) is 0 Å². The minimum absolute atomic E-state index is 0. The van der Waals surface area contributed by atoms with Crippen LogP contribution in [0.4, 0.5) is 0 Å². The van der Waals surface area contributed by atoms with Gasteiger partial charge in [-0.3, -0.25) is 0 Å². The molecule has 0 unspecified atom stereocenters. The van der Waals surface area contributed by atoms with Crippen LogP contribution in [0.1, 0.15) is 7.43 Å². The van der Waals surface area contributed by atoms with E-state index in [9.17, 15) is 0 Å². The quantitative estimate of drug-likeness (QED) is 0.400. The predicted molar refractivity (Wildman–Crippen MR) is 26.3 cm³/mol. The summed E-state index contributed by atoms with van der Waals surface area (Å²) in [5, 5.41) is 0. The molecular formula is C4H7Cl. The van der Waals surface area contributed by atoms with Gasteiger partial charge < -0.3 is 0 Å². The topological polar surface area (TPSA) is 0 Å². The summed E-state index contributed by atoms with van der Waals surface area (Å²) in [5.41, 5.74) is 3.56. The van der Waals surface area contributed by atoms with Crippen LogP contribution in [0, 0.1) is 0 Å². The Morgan fingerprint density at radius 3 is 2.00 bits per heavy atom. The van der Waals surface area contributed by atoms with Crippen molar-refractivity contribution in [3.63, 3.8) is 0 Å². The molecule has 0 aliphatic carbocycles. The molecule has 0 nitrogen and oxygen atoms in total. The van der Waals surface area contributed by atoms with Crippen LogP contribution < -0.4 is 0 Å². The SMILES string of the molecule is C.C=C=CCl. The second-order valence-corrected chi connectivity index (χ2v) is 0.531. The van der Waals surface area contributed by atoms with Gasteiger partial charge in [-0.1, -0.05) is 25.6 Å². The first-order chi connectivity index (χ1) is 1.91. The van der Waals surface area contributed by atoms with Crippen molar-refractivity contribution >= 4 is 11.6 Å². The molecule has 0 aromatic rings. The Labute approximate surface area is 37.8 Å². The molecule has 30 valence electrons. The fourth-order valence-electron chi connectivity index (χ4n) is 0. The fourth-order valence-corrected chi connectivity index (χ4v) is 0. The zero-order valence-electron chi connectivity index (χ0n) is 2.16. The number of hydrogen-bond donors (Lipinski definition) is 0. The summed E-state index contributed by atoms with van der Waals surface area (Å²) in [7, 11) is 0. The van der Waals surface area contributed by atoms with Crippen LogP contribution >= 0.6 is 11.6 Å². The van der Waals surface area contributed by atoms with Crippen molar-refractivity contribution in [2.24, 2.45) is 0 Å². The molecule has 0 aromatic heterocycles. The zero-order valence-corrected chi connectivity index (χ0v) is 2.92. The smallest absolute Gasteiger partial charge is 0.0456 e. The van der Waals surface area contributed by atoms with Crippen molar-refractivity contribution in [2.45, 2.75) is 7.43 Å². The molecule has 0 saturated carbocycles. The van der Waals surface area contributed by atoms with Crippen molar-refractivity contribution < 1.29 is 0 Å². The second-order valence-electron chi connectivity index (χ2n) is 0.313. The predicted octanol–water partition coefficient (Wildman–Crippen LogP) is 2.16. The molecule has 0 radical (unpaired) electrons. The molecule has 0 aliphatic heterocycles. The van der Waals surface area contributed by atoms with Gasteiger partial charge >= 0.3 is 0 Å². The standard InChI is InChI=1S/C3H3Cl.CH4/c1-2-3-4;/h3H,1H2;1H4. The normalized spacial score (nSPS) is 3.40. The van der Waals surface area contributed by atoms with Crippen LogP contribution in [-0.2, 0) is 0 Å². The highest BCUT2D eigenvalue weighted by molar-refractivity contribution is 6.25. The van der Waals surface area contributed by atoms with Gasteiger partial charge in [0.05, 0.1) is 0 Å². The van der Waals surface area contributed by atoms with E-state index < -0.39 is 0 Å². The number of hydrogen-bond acceptors (Lipinski definition) is 0. The van der Waals surface area contributed by atoms with Crippen molar-refractivity contribution in [2.75, 3.05) is 0 Å². The van der Waals surface area contributed by atoms with E-state index in [1.165, 1.54) is 5.54 Å². The molecule has 0 rings (SSSR count). The molecule has 0 fully saturated rings. The minimum atomic E-state index is 0. The van der Waals surface area contributed by atoms with E-state index in [0.717, 1.165) is 0 Å². The lowest BCUT2D eigenvalue weighted by molar-refractivity contribution is 2.43. The summed E-state index contributed by atoms with van der Waals surface area (Å²) < 4.78 is 0. The third kappa shape index (κ3) is 19.0. The summed E-state index contributed by atoms with van der Waals surface area (Å²) in [5.74, 6) is 0. The van der Waals surface area contributed by atoms with Crippen LogP contribution in [0.2, 0.25) is 0 Å². The third-order valence-electron chi connectivity index (χ3n) is 0.0772. The summed E-state index contributed by atoms with van der Waals surface area (Å²) >= 11 is 4.89. The first-order valence-electron chi connectivity index (χ1n) is 0.860. The van der Waals surface area contributed by atoms with Crippen LogP contribution in [0.15, 0.2) is 17.8 Å². The van der Waals surface area contributed by atoms with Gasteiger partial charge in [0.2, 0.25) is 0 Å². The molecule has 0 atom stereocenters. The van der Waals surface area contributed by atoms with Gasteiger partial charge in [-0.25, -0.2) is 0 Å². The highest BCUT2D eigenvalue weighted by atomic mass is 35.5. The second kappa shape index (κ2) is 9.18. The molecule has 0 aromatic carbocycles. The van der Waals surface area contributed by atoms with Crippen molar-refractivity contribution in [1.29, 1.82) is 0 Å². The van der Waals surface area contributed by atoms with Crippen molar-refractivity contribution in [3.8, 4) is 0 Å². The van der Waals surface area contributed by atoms with Gasteiger partial charge in [0.25, 0.3) is 0 Å². The fraction of sp³-hybridized carbons (Fsp3) is 0.250. The lowest BCUT2D eigenvalue weighted by Gasteiger charge is -1.34. The third-order valence-corrected chi connectivity index (χ3v) is 0.231. The lowest BCUT2D eigenvalue weighted by Crippen LogP contribution is -1.05. The monoisotopic (exact) mass is 90.0 g/mol. The molecule has 0 N–H and O–H groups in total. The van der Waals surface area contributed by atoms with E-state index >= 15 is 0 Å². The van der Waals surface area contributed by atoms with Crippen molar-refractivity contribution in [3.05, 3.63) is 17.8 Å². The highest BCUT2D eigenvalue weighted by Crippen LogP contribution is 1.64. The first kappa shape index (κ1) is 8.84. The summed E-state index contributed by atoms with van der Waals surface area (Å²) in [6, 6.07) is 0. The molecule has 0 amide bonds. The lowest BCUT2D eigenvalue weighted by atomic mass is 11.0. The van der Waals surface area contributed by atoms with E-state index in [-0.39, 0.29) is 7.43 Å². The summed E-state index contributed by atoms with van der Waals surface area (Å²) in [4.78, 5) is 0. The summed E-state index contributed by atoms with van der Waals surface area (Å²) in [6.07, 6.45) is 0. The van der Waals surface area contributed by atoms with E-state index in [1.54, 1.807) is 0 Å². The molecule has 0 saturated heterocycles. The Kier molecular flexibility index (Phi) is 16.2. The van der Waals surface area contributed by atoms with Gasteiger partial charge in [0, 0.05) is 5.54 Å². The van der Waals surface area contributed by atoms with E-state index in [2.05, 4.69) is 12.3 Å². The van der Waals surface area contributed by atoms with Crippen LogP contribution in [0.3, 0.4) is 0 Å². The average molecular weight is 90.6 g/mol. The maximum atomic E-state index is 4.89. The zero-order chi connectivity index (χ0) is 3.41. The Morgan fingerprint density at radius 1 is 1.80 bits per heavy atom. The van der Waals surface area contributed by atoms with Gasteiger partial charge in [0.1, 0.15) is 0 Å². The van der Waals surface area contributed by atoms with Crippen molar-refractivity contribution in [1.82, 2.24) is 0 Å². The molecule has 1 heteroatoms. The Bertz CT molecular complexity index is 41.6. The maximum Gasteiger partial charge on any atom is 0.0456 e. The molecule has 0 bridgehead atoms. The minimum Gasteiger partial charge on any atom is -0.116 e. The molecule has 0 heterocycles. The van der Waals surface area contributed by atoms with Gasteiger partial charge in [0.15, 0.2) is 0 Å². The highest BCUT2D eigenvalue weighted by Gasteiger charge is 1.28. The molecule has 0 aliphatic rings. The van der Waals surface area contributed by atoms with Crippen LogP contribution in [0.25, 0.3) is 0 Å². The van der Waals surface area contributed by atoms with E-state index in [0.29, 0.717) is 0 Å². The maximum absolute atomic E-state index is 4.89. The van der Waals surface area contributed by atoms with E-state index in [1.807, 2.05) is 0 Å². The largest absolute Gasteiger partial charge is 0.116 e.